The molecule has 2 aliphatic rings. The Morgan fingerprint density at radius 1 is 1.25 bits per heavy atom. The zero-order valence-electron chi connectivity index (χ0n) is 11.7. The number of carbonyl (C=O) groups excluding carboxylic acids is 1. The summed E-state index contributed by atoms with van der Waals surface area (Å²) in [5, 5.41) is 9.36. The minimum Gasteiger partial charge on any atom is -0.394 e. The fraction of sp³-hybridized carbons (Fsp3) is 0.929. The lowest BCUT2D eigenvalue weighted by atomic mass is 9.78. The van der Waals surface area contributed by atoms with Gasteiger partial charge < -0.3 is 10.0 Å². The van der Waals surface area contributed by atoms with Gasteiger partial charge >= 0.3 is 6.18 Å². The Bertz CT molecular complexity index is 359. The Labute approximate surface area is 117 Å². The van der Waals surface area contributed by atoms with Crippen molar-refractivity contribution in [1.29, 1.82) is 0 Å². The maximum Gasteiger partial charge on any atom is 0.392 e. The highest BCUT2D eigenvalue weighted by atomic mass is 19.4. The Morgan fingerprint density at radius 3 is 2.50 bits per heavy atom. The van der Waals surface area contributed by atoms with Crippen molar-refractivity contribution in [3.05, 3.63) is 0 Å². The van der Waals surface area contributed by atoms with E-state index in [1.807, 2.05) is 6.92 Å². The van der Waals surface area contributed by atoms with Gasteiger partial charge in [0.05, 0.1) is 18.6 Å². The maximum absolute atomic E-state index is 13.1. The molecule has 2 fully saturated rings. The molecule has 0 radical (unpaired) electrons. The van der Waals surface area contributed by atoms with E-state index in [-0.39, 0.29) is 25.0 Å². The number of amides is 1. The molecule has 0 aromatic carbocycles. The van der Waals surface area contributed by atoms with E-state index in [0.717, 1.165) is 6.42 Å². The first-order valence-corrected chi connectivity index (χ1v) is 7.34. The summed E-state index contributed by atoms with van der Waals surface area (Å²) in [6.07, 6.45) is -1.98. The highest BCUT2D eigenvalue weighted by Gasteiger charge is 2.50. The van der Waals surface area contributed by atoms with Crippen LogP contribution in [0.3, 0.4) is 0 Å². The van der Waals surface area contributed by atoms with Crippen LogP contribution in [0.25, 0.3) is 0 Å². The van der Waals surface area contributed by atoms with E-state index in [1.165, 1.54) is 4.90 Å². The van der Waals surface area contributed by atoms with Crippen molar-refractivity contribution >= 4 is 5.91 Å². The summed E-state index contributed by atoms with van der Waals surface area (Å²) in [6.45, 7) is 2.22. The summed E-state index contributed by atoms with van der Waals surface area (Å²) in [6, 6.07) is -0.321. The molecule has 1 amide bonds. The lowest BCUT2D eigenvalue weighted by Crippen LogP contribution is -2.48. The van der Waals surface area contributed by atoms with Crippen molar-refractivity contribution in [2.24, 2.45) is 17.8 Å². The number of hydrogen-bond acceptors (Lipinski definition) is 2. The minimum absolute atomic E-state index is 0.0487. The van der Waals surface area contributed by atoms with E-state index in [1.54, 1.807) is 0 Å². The Hall–Kier alpha value is -0.780. The first-order chi connectivity index (χ1) is 9.36. The van der Waals surface area contributed by atoms with Crippen molar-refractivity contribution in [2.75, 3.05) is 13.2 Å². The van der Waals surface area contributed by atoms with Crippen LogP contribution in [-0.4, -0.2) is 41.3 Å². The van der Waals surface area contributed by atoms with Crippen molar-refractivity contribution in [1.82, 2.24) is 4.90 Å². The zero-order chi connectivity index (χ0) is 14.9. The molecule has 1 heterocycles. The van der Waals surface area contributed by atoms with Crippen molar-refractivity contribution in [2.45, 2.75) is 51.2 Å². The van der Waals surface area contributed by atoms with Crippen molar-refractivity contribution in [3.8, 4) is 0 Å². The number of rotatable bonds is 2. The van der Waals surface area contributed by atoms with Crippen LogP contribution in [0.1, 0.15) is 39.0 Å². The van der Waals surface area contributed by atoms with Gasteiger partial charge in [0.15, 0.2) is 0 Å². The largest absolute Gasteiger partial charge is 0.394 e. The van der Waals surface area contributed by atoms with Gasteiger partial charge in [-0.15, -0.1) is 0 Å². The first kappa shape index (κ1) is 15.6. The molecule has 1 aliphatic carbocycles. The second kappa shape index (κ2) is 5.92. The normalized spacial score (nSPS) is 35.4. The van der Waals surface area contributed by atoms with Gasteiger partial charge in [-0.3, -0.25) is 4.79 Å². The topological polar surface area (TPSA) is 40.5 Å². The Morgan fingerprint density at radius 2 is 1.90 bits per heavy atom. The summed E-state index contributed by atoms with van der Waals surface area (Å²) < 4.78 is 39.2. The van der Waals surface area contributed by atoms with Crippen LogP contribution >= 0.6 is 0 Å². The third-order valence-electron chi connectivity index (χ3n) is 4.86. The molecule has 0 aromatic rings. The van der Waals surface area contributed by atoms with Gasteiger partial charge in [-0.2, -0.15) is 13.2 Å². The van der Waals surface area contributed by atoms with E-state index in [0.29, 0.717) is 25.8 Å². The van der Waals surface area contributed by atoms with Crippen LogP contribution in [0.4, 0.5) is 13.2 Å². The lowest BCUT2D eigenvalue weighted by molar-refractivity contribution is -0.201. The Balaban J connectivity index is 2.14. The van der Waals surface area contributed by atoms with E-state index in [9.17, 15) is 23.1 Å². The van der Waals surface area contributed by atoms with Gasteiger partial charge in [-0.05, 0) is 25.2 Å². The highest BCUT2D eigenvalue weighted by Crippen LogP contribution is 2.43. The molecule has 6 heteroatoms. The third kappa shape index (κ3) is 2.95. The van der Waals surface area contributed by atoms with E-state index in [2.05, 4.69) is 0 Å². The zero-order valence-corrected chi connectivity index (χ0v) is 11.7. The summed E-state index contributed by atoms with van der Waals surface area (Å²) >= 11 is 0. The molecule has 0 bridgehead atoms. The molecule has 4 atom stereocenters. The number of halogens is 3. The van der Waals surface area contributed by atoms with Gasteiger partial charge in [0.1, 0.15) is 0 Å². The van der Waals surface area contributed by atoms with Gasteiger partial charge in [-0.25, -0.2) is 0 Å². The molecule has 116 valence electrons. The average Bonchev–Trinajstić information content (AvgIpc) is 2.78. The standard InChI is InChI=1S/C14H22F3NO2/c1-9-6-7-18(12(9)8-19)13(20)10-4-2-3-5-11(10)14(15,16)17/h9-12,19H,2-8H2,1H3. The van der Waals surface area contributed by atoms with Crippen LogP contribution < -0.4 is 0 Å². The van der Waals surface area contributed by atoms with Gasteiger partial charge in [-0.1, -0.05) is 19.8 Å². The molecule has 0 aromatic heterocycles. The summed E-state index contributed by atoms with van der Waals surface area (Å²) in [7, 11) is 0. The predicted octanol–water partition coefficient (Wildman–Crippen LogP) is 2.58. The Kier molecular flexibility index (Phi) is 4.62. The number of alkyl halides is 3. The van der Waals surface area contributed by atoms with Crippen LogP contribution in [0.2, 0.25) is 0 Å². The molecule has 4 unspecified atom stereocenters. The maximum atomic E-state index is 13.1. The average molecular weight is 293 g/mol. The lowest BCUT2D eigenvalue weighted by Gasteiger charge is -2.36. The van der Waals surface area contributed by atoms with E-state index < -0.39 is 23.9 Å². The van der Waals surface area contributed by atoms with Crippen LogP contribution in [0, 0.1) is 17.8 Å². The number of likely N-dealkylation sites (tertiary alicyclic amines) is 1. The second-order valence-corrected chi connectivity index (χ2v) is 6.09. The molecule has 1 saturated heterocycles. The number of nitrogens with zero attached hydrogens (tertiary/aromatic N) is 1. The van der Waals surface area contributed by atoms with E-state index in [4.69, 9.17) is 0 Å². The second-order valence-electron chi connectivity index (χ2n) is 6.09. The molecule has 1 aliphatic heterocycles. The van der Waals surface area contributed by atoms with Crippen molar-refractivity contribution in [3.63, 3.8) is 0 Å². The monoisotopic (exact) mass is 293 g/mol. The van der Waals surface area contributed by atoms with Crippen molar-refractivity contribution < 1.29 is 23.1 Å². The van der Waals surface area contributed by atoms with Gasteiger partial charge in [0, 0.05) is 12.5 Å². The molecular weight excluding hydrogens is 271 g/mol. The van der Waals surface area contributed by atoms with Crippen LogP contribution in [-0.2, 0) is 4.79 Å². The highest BCUT2D eigenvalue weighted by molar-refractivity contribution is 5.80. The third-order valence-corrected chi connectivity index (χ3v) is 4.86. The smallest absolute Gasteiger partial charge is 0.392 e. The molecule has 3 nitrogen and oxygen atoms in total. The summed E-state index contributed by atoms with van der Waals surface area (Å²) in [5.74, 6) is -2.73. The molecular formula is C14H22F3NO2. The minimum atomic E-state index is -4.30. The molecule has 1 N–H and O–H groups in total. The van der Waals surface area contributed by atoms with E-state index >= 15 is 0 Å². The number of hydrogen-bond donors (Lipinski definition) is 1. The fourth-order valence-corrected chi connectivity index (χ4v) is 3.59. The van der Waals surface area contributed by atoms with Gasteiger partial charge in [0.2, 0.25) is 5.91 Å². The first-order valence-electron chi connectivity index (χ1n) is 7.34. The fourth-order valence-electron chi connectivity index (χ4n) is 3.59. The number of carbonyl (C=O) groups is 1. The summed E-state index contributed by atoms with van der Waals surface area (Å²) in [5.41, 5.74) is 0. The number of aliphatic hydroxyl groups excluding tert-OH is 1. The predicted molar refractivity (Wildman–Crippen MR) is 67.9 cm³/mol. The van der Waals surface area contributed by atoms with Crippen LogP contribution in [0.15, 0.2) is 0 Å². The molecule has 20 heavy (non-hydrogen) atoms. The van der Waals surface area contributed by atoms with Crippen LogP contribution in [0.5, 0.6) is 0 Å². The van der Waals surface area contributed by atoms with Gasteiger partial charge in [0.25, 0.3) is 0 Å². The number of aliphatic hydroxyl groups is 1. The molecule has 0 spiro atoms. The summed E-state index contributed by atoms with van der Waals surface area (Å²) in [4.78, 5) is 14.0. The quantitative estimate of drug-likeness (QED) is 0.850. The SMILES string of the molecule is CC1CCN(C(=O)C2CCCCC2C(F)(F)F)C1CO. The molecule has 1 saturated carbocycles. The molecule has 2 rings (SSSR count).